The van der Waals surface area contributed by atoms with Gasteiger partial charge in [0.05, 0.1) is 6.54 Å². The molecule has 1 amide bonds. The van der Waals surface area contributed by atoms with Crippen molar-refractivity contribution in [3.63, 3.8) is 0 Å². The van der Waals surface area contributed by atoms with Gasteiger partial charge in [0.2, 0.25) is 0 Å². The van der Waals surface area contributed by atoms with Gasteiger partial charge in [-0.2, -0.15) is 0 Å². The minimum absolute atomic E-state index is 0. The second-order valence-electron chi connectivity index (χ2n) is 8.20. The Labute approximate surface area is 204 Å². The van der Waals surface area contributed by atoms with Crippen LogP contribution in [0.5, 0.6) is 5.75 Å². The van der Waals surface area contributed by atoms with Gasteiger partial charge in [0.25, 0.3) is 5.91 Å². The van der Waals surface area contributed by atoms with Crippen molar-refractivity contribution >= 4 is 35.8 Å². The molecule has 0 radical (unpaired) electrons. The zero-order valence-electron chi connectivity index (χ0n) is 19.4. The number of carbonyl (C=O) groups excluding carboxylic acids is 1. The summed E-state index contributed by atoms with van der Waals surface area (Å²) in [5.41, 5.74) is 1.05. The third-order valence-corrected chi connectivity index (χ3v) is 4.96. The minimum atomic E-state index is -0.112. The van der Waals surface area contributed by atoms with E-state index in [9.17, 15) is 4.79 Å². The molecular weight excluding hydrogens is 505 g/mol. The normalized spacial score (nSPS) is 15.3. The topological polar surface area (TPSA) is 78.0 Å². The Hall–Kier alpha value is -1.55. The molecule has 0 saturated carbocycles. The number of ether oxygens (including phenoxy) is 1. The van der Waals surface area contributed by atoms with Crippen molar-refractivity contribution in [2.45, 2.75) is 53.1 Å². The zero-order chi connectivity index (χ0) is 21.8. The molecule has 0 aromatic heterocycles. The Balaban J connectivity index is 0.00000480. The molecule has 2 rings (SSSR count). The van der Waals surface area contributed by atoms with Crippen LogP contribution in [0.15, 0.2) is 29.3 Å². The maximum atomic E-state index is 11.6. The fourth-order valence-corrected chi connectivity index (χ4v) is 3.59. The summed E-state index contributed by atoms with van der Waals surface area (Å²) in [5, 5.41) is 9.68. The third kappa shape index (κ3) is 11.0. The maximum absolute atomic E-state index is 11.6. The van der Waals surface area contributed by atoms with Crippen LogP contribution in [0.2, 0.25) is 0 Å². The predicted molar refractivity (Wildman–Crippen MR) is 138 cm³/mol. The SMILES string of the molecule is CCNC(=O)COc1cccc(CN=C(NCC)NC2CCN(CC(C)C)CC2)c1.I. The van der Waals surface area contributed by atoms with E-state index in [4.69, 9.17) is 9.73 Å². The highest BCUT2D eigenvalue weighted by Gasteiger charge is 2.20. The first-order chi connectivity index (χ1) is 14.5. The Bertz CT molecular complexity index is 676. The highest BCUT2D eigenvalue weighted by molar-refractivity contribution is 14.0. The number of piperidine rings is 1. The summed E-state index contributed by atoms with van der Waals surface area (Å²) in [4.78, 5) is 18.9. The quantitative estimate of drug-likeness (QED) is 0.240. The van der Waals surface area contributed by atoms with E-state index in [1.54, 1.807) is 0 Å². The summed E-state index contributed by atoms with van der Waals surface area (Å²) in [7, 11) is 0. The van der Waals surface area contributed by atoms with Gasteiger partial charge < -0.3 is 25.6 Å². The van der Waals surface area contributed by atoms with Crippen LogP contribution >= 0.6 is 24.0 Å². The first-order valence-corrected chi connectivity index (χ1v) is 11.3. The van der Waals surface area contributed by atoms with Gasteiger partial charge in [0, 0.05) is 38.8 Å². The van der Waals surface area contributed by atoms with E-state index in [2.05, 4.69) is 41.6 Å². The summed E-state index contributed by atoms with van der Waals surface area (Å²) in [6.07, 6.45) is 2.28. The van der Waals surface area contributed by atoms with Gasteiger partial charge in [-0.25, -0.2) is 4.99 Å². The molecule has 0 unspecified atom stereocenters. The lowest BCUT2D eigenvalue weighted by molar-refractivity contribution is -0.122. The van der Waals surface area contributed by atoms with Crippen LogP contribution in [-0.2, 0) is 11.3 Å². The molecule has 1 aromatic carbocycles. The molecule has 0 bridgehead atoms. The lowest BCUT2D eigenvalue weighted by atomic mass is 10.0. The number of nitrogens with zero attached hydrogens (tertiary/aromatic N) is 2. The highest BCUT2D eigenvalue weighted by atomic mass is 127. The number of likely N-dealkylation sites (tertiary alicyclic amines) is 1. The molecule has 0 aliphatic carbocycles. The number of amides is 1. The molecule has 31 heavy (non-hydrogen) atoms. The molecule has 8 heteroatoms. The lowest BCUT2D eigenvalue weighted by Gasteiger charge is -2.34. The van der Waals surface area contributed by atoms with Crippen LogP contribution in [0, 0.1) is 5.92 Å². The molecule has 1 saturated heterocycles. The molecule has 3 N–H and O–H groups in total. The van der Waals surface area contributed by atoms with Crippen LogP contribution < -0.4 is 20.7 Å². The van der Waals surface area contributed by atoms with Gasteiger partial charge in [-0.05, 0) is 50.3 Å². The van der Waals surface area contributed by atoms with E-state index in [0.717, 1.165) is 44.0 Å². The van der Waals surface area contributed by atoms with Gasteiger partial charge >= 0.3 is 0 Å². The van der Waals surface area contributed by atoms with Crippen LogP contribution in [0.3, 0.4) is 0 Å². The number of guanidine groups is 1. The van der Waals surface area contributed by atoms with Crippen LogP contribution in [-0.4, -0.2) is 62.1 Å². The monoisotopic (exact) mass is 545 g/mol. The first-order valence-electron chi connectivity index (χ1n) is 11.3. The molecule has 1 fully saturated rings. The van der Waals surface area contributed by atoms with Crippen LogP contribution in [0.25, 0.3) is 0 Å². The summed E-state index contributed by atoms with van der Waals surface area (Å²) < 4.78 is 5.58. The smallest absolute Gasteiger partial charge is 0.257 e. The summed E-state index contributed by atoms with van der Waals surface area (Å²) in [5.74, 6) is 2.14. The molecule has 0 spiro atoms. The molecule has 0 atom stereocenters. The number of nitrogens with one attached hydrogen (secondary N) is 3. The molecule has 1 aliphatic heterocycles. The zero-order valence-corrected chi connectivity index (χ0v) is 21.8. The molecule has 1 aromatic rings. The molecule has 176 valence electrons. The number of halogens is 1. The van der Waals surface area contributed by atoms with Gasteiger partial charge in [0.15, 0.2) is 12.6 Å². The van der Waals surface area contributed by atoms with Crippen LogP contribution in [0.4, 0.5) is 0 Å². The van der Waals surface area contributed by atoms with Gasteiger partial charge in [-0.15, -0.1) is 24.0 Å². The van der Waals surface area contributed by atoms with Crippen molar-refractivity contribution in [2.24, 2.45) is 10.9 Å². The van der Waals surface area contributed by atoms with E-state index in [1.807, 2.05) is 31.2 Å². The fourth-order valence-electron chi connectivity index (χ4n) is 3.59. The number of hydrogen-bond donors (Lipinski definition) is 3. The number of carbonyl (C=O) groups is 1. The van der Waals surface area contributed by atoms with E-state index >= 15 is 0 Å². The van der Waals surface area contributed by atoms with E-state index in [-0.39, 0.29) is 36.5 Å². The number of rotatable bonds is 10. The Morgan fingerprint density at radius 1 is 1.19 bits per heavy atom. The standard InChI is InChI=1S/C23H39N5O2.HI/c1-5-24-22(29)17-30-21-9-7-8-19(14-21)15-26-23(25-6-2)27-20-10-12-28(13-11-20)16-18(3)4;/h7-9,14,18,20H,5-6,10-13,15-17H2,1-4H3,(H,24,29)(H2,25,26,27);1H. The van der Waals surface area contributed by atoms with E-state index in [0.29, 0.717) is 30.8 Å². The van der Waals surface area contributed by atoms with Crippen molar-refractivity contribution in [2.75, 3.05) is 39.3 Å². The number of aliphatic imine (C=N–C) groups is 1. The second kappa shape index (κ2) is 15.3. The largest absolute Gasteiger partial charge is 0.484 e. The van der Waals surface area contributed by atoms with Crippen molar-refractivity contribution in [3.8, 4) is 5.75 Å². The minimum Gasteiger partial charge on any atom is -0.484 e. The summed E-state index contributed by atoms with van der Waals surface area (Å²) in [6.45, 7) is 14.0. The van der Waals surface area contributed by atoms with Crippen molar-refractivity contribution in [1.29, 1.82) is 0 Å². The Morgan fingerprint density at radius 2 is 1.90 bits per heavy atom. The van der Waals surface area contributed by atoms with Gasteiger partial charge in [0.1, 0.15) is 5.75 Å². The molecule has 1 heterocycles. The van der Waals surface area contributed by atoms with Crippen LogP contribution in [0.1, 0.15) is 46.1 Å². The lowest BCUT2D eigenvalue weighted by Crippen LogP contribution is -2.49. The van der Waals surface area contributed by atoms with E-state index < -0.39 is 0 Å². The van der Waals surface area contributed by atoms with Gasteiger partial charge in [-0.3, -0.25) is 4.79 Å². The summed E-state index contributed by atoms with van der Waals surface area (Å²) >= 11 is 0. The average molecular weight is 546 g/mol. The summed E-state index contributed by atoms with van der Waals surface area (Å²) in [6, 6.07) is 8.22. The Kier molecular flexibility index (Phi) is 13.6. The number of benzene rings is 1. The molecule has 1 aliphatic rings. The highest BCUT2D eigenvalue weighted by Crippen LogP contribution is 2.15. The Morgan fingerprint density at radius 3 is 2.55 bits per heavy atom. The molecule has 7 nitrogen and oxygen atoms in total. The average Bonchev–Trinajstić information content (AvgIpc) is 2.72. The maximum Gasteiger partial charge on any atom is 0.257 e. The first kappa shape index (κ1) is 27.5. The predicted octanol–water partition coefficient (Wildman–Crippen LogP) is 3.00. The fraction of sp³-hybridized carbons (Fsp3) is 0.652. The number of hydrogen-bond acceptors (Lipinski definition) is 4. The second-order valence-corrected chi connectivity index (χ2v) is 8.20. The van der Waals surface area contributed by atoms with E-state index in [1.165, 1.54) is 6.54 Å². The van der Waals surface area contributed by atoms with Crippen molar-refractivity contribution in [3.05, 3.63) is 29.8 Å². The molecular formula is C23H40IN5O2. The van der Waals surface area contributed by atoms with Crippen molar-refractivity contribution in [1.82, 2.24) is 20.9 Å². The van der Waals surface area contributed by atoms with Crippen molar-refractivity contribution < 1.29 is 9.53 Å². The van der Waals surface area contributed by atoms with Gasteiger partial charge in [-0.1, -0.05) is 26.0 Å². The number of likely N-dealkylation sites (N-methyl/N-ethyl adjacent to an activating group) is 1. The third-order valence-electron chi connectivity index (χ3n) is 4.96.